The van der Waals surface area contributed by atoms with Gasteiger partial charge in [0.15, 0.2) is 0 Å². The smallest absolute Gasteiger partial charge is 0.0403 e. The van der Waals surface area contributed by atoms with Crippen LogP contribution >= 0.6 is 0 Å². The maximum atomic E-state index is 3.63. The van der Waals surface area contributed by atoms with Gasteiger partial charge in [-0.15, -0.1) is 0 Å². The molecule has 1 heteroatoms. The van der Waals surface area contributed by atoms with Gasteiger partial charge in [-0.2, -0.15) is 0 Å². The maximum Gasteiger partial charge on any atom is 0.0403 e. The van der Waals surface area contributed by atoms with Crippen LogP contribution < -0.4 is 0 Å². The van der Waals surface area contributed by atoms with Crippen molar-refractivity contribution in [2.45, 2.75) is 0 Å². The predicted molar refractivity (Wildman–Crippen MR) is 44.3 cm³/mol. The van der Waals surface area contributed by atoms with E-state index in [0.29, 0.717) is 0 Å². The Morgan fingerprint density at radius 3 is 2.90 bits per heavy atom. The van der Waals surface area contributed by atoms with Gasteiger partial charge in [0.05, 0.1) is 0 Å². The van der Waals surface area contributed by atoms with E-state index in [1.54, 1.807) is 6.08 Å². The second-order valence-electron chi connectivity index (χ2n) is 2.14. The highest BCUT2D eigenvalue weighted by Gasteiger charge is 1.96. The first kappa shape index (κ1) is 6.87. The van der Waals surface area contributed by atoms with Crippen molar-refractivity contribution in [3.05, 3.63) is 48.9 Å². The Bertz CT molecular complexity index is 209. The van der Waals surface area contributed by atoms with Crippen LogP contribution in [0.3, 0.4) is 0 Å². The Hall–Kier alpha value is -1.24. The summed E-state index contributed by atoms with van der Waals surface area (Å²) in [5.41, 5.74) is 1.16. The quantitative estimate of drug-likeness (QED) is 0.529. The van der Waals surface area contributed by atoms with Crippen molar-refractivity contribution in [3.63, 3.8) is 0 Å². The fourth-order valence-electron chi connectivity index (χ4n) is 0.830. The molecule has 0 aromatic heterocycles. The van der Waals surface area contributed by atoms with Crippen LogP contribution in [-0.4, -0.2) is 11.9 Å². The lowest BCUT2D eigenvalue weighted by Gasteiger charge is -2.16. The topological polar surface area (TPSA) is 3.24 Å². The summed E-state index contributed by atoms with van der Waals surface area (Å²) in [6, 6.07) is 0. The SMILES string of the molecule is C=CC=C1C=CC=CN1C. The van der Waals surface area contributed by atoms with Crippen molar-refractivity contribution < 1.29 is 0 Å². The minimum atomic E-state index is 1.16. The van der Waals surface area contributed by atoms with Gasteiger partial charge in [-0.05, 0) is 18.2 Å². The van der Waals surface area contributed by atoms with E-state index in [1.807, 2.05) is 42.5 Å². The third-order valence-electron chi connectivity index (χ3n) is 1.38. The molecule has 0 radical (unpaired) electrons. The molecule has 0 aliphatic carbocycles. The van der Waals surface area contributed by atoms with Gasteiger partial charge in [0.25, 0.3) is 0 Å². The molecular weight excluding hydrogens is 122 g/mol. The maximum absolute atomic E-state index is 3.63. The van der Waals surface area contributed by atoms with Crippen LogP contribution in [0.4, 0.5) is 0 Å². The van der Waals surface area contributed by atoms with Gasteiger partial charge in [0, 0.05) is 18.9 Å². The van der Waals surface area contributed by atoms with Gasteiger partial charge in [0.2, 0.25) is 0 Å². The molecule has 0 aromatic rings. The molecule has 10 heavy (non-hydrogen) atoms. The fourth-order valence-corrected chi connectivity index (χ4v) is 0.830. The van der Waals surface area contributed by atoms with E-state index in [4.69, 9.17) is 0 Å². The second-order valence-corrected chi connectivity index (χ2v) is 2.14. The Labute approximate surface area is 61.7 Å². The molecule has 0 bridgehead atoms. The van der Waals surface area contributed by atoms with Gasteiger partial charge in [-0.1, -0.05) is 18.7 Å². The minimum Gasteiger partial charge on any atom is -0.351 e. The van der Waals surface area contributed by atoms with Crippen LogP contribution in [0, 0.1) is 0 Å². The van der Waals surface area contributed by atoms with Crippen LogP contribution in [0.15, 0.2) is 48.9 Å². The van der Waals surface area contributed by atoms with Gasteiger partial charge < -0.3 is 4.90 Å². The molecule has 1 aliphatic heterocycles. The third-order valence-corrected chi connectivity index (χ3v) is 1.38. The van der Waals surface area contributed by atoms with E-state index in [1.165, 1.54) is 0 Å². The number of nitrogens with zero attached hydrogens (tertiary/aromatic N) is 1. The van der Waals surface area contributed by atoms with Crippen LogP contribution in [0.25, 0.3) is 0 Å². The molecule has 0 fully saturated rings. The van der Waals surface area contributed by atoms with E-state index < -0.39 is 0 Å². The summed E-state index contributed by atoms with van der Waals surface area (Å²) in [5.74, 6) is 0. The third kappa shape index (κ3) is 1.38. The highest BCUT2D eigenvalue weighted by Crippen LogP contribution is 2.08. The molecule has 0 N–H and O–H groups in total. The number of hydrogen-bond donors (Lipinski definition) is 0. The summed E-state index contributed by atoms with van der Waals surface area (Å²) in [7, 11) is 2.01. The number of rotatable bonds is 1. The normalized spacial score (nSPS) is 20.1. The predicted octanol–water partition coefficient (Wildman–Crippen LogP) is 2.07. The zero-order valence-electron chi connectivity index (χ0n) is 6.12. The molecule has 1 heterocycles. The molecule has 0 saturated carbocycles. The van der Waals surface area contributed by atoms with E-state index >= 15 is 0 Å². The molecule has 0 unspecified atom stereocenters. The second kappa shape index (κ2) is 3.06. The van der Waals surface area contributed by atoms with Crippen LogP contribution in [-0.2, 0) is 0 Å². The zero-order valence-corrected chi connectivity index (χ0v) is 6.12. The van der Waals surface area contributed by atoms with Crippen LogP contribution in [0.2, 0.25) is 0 Å². The van der Waals surface area contributed by atoms with E-state index in [0.717, 1.165) is 5.70 Å². The van der Waals surface area contributed by atoms with E-state index in [-0.39, 0.29) is 0 Å². The van der Waals surface area contributed by atoms with Crippen LogP contribution in [0.1, 0.15) is 0 Å². The first-order chi connectivity index (χ1) is 4.84. The monoisotopic (exact) mass is 133 g/mol. The zero-order chi connectivity index (χ0) is 7.40. The lowest BCUT2D eigenvalue weighted by Crippen LogP contribution is -2.09. The highest BCUT2D eigenvalue weighted by atomic mass is 15.1. The molecule has 0 aromatic carbocycles. The van der Waals surface area contributed by atoms with Gasteiger partial charge in [-0.3, -0.25) is 0 Å². The Balaban J connectivity index is 2.79. The highest BCUT2D eigenvalue weighted by molar-refractivity contribution is 5.29. The molecule has 0 saturated heterocycles. The largest absolute Gasteiger partial charge is 0.351 e. The van der Waals surface area contributed by atoms with Crippen molar-refractivity contribution in [2.24, 2.45) is 0 Å². The molecule has 0 atom stereocenters. The molecular formula is C9H11N. The Morgan fingerprint density at radius 2 is 2.30 bits per heavy atom. The van der Waals surface area contributed by atoms with E-state index in [2.05, 4.69) is 6.58 Å². The van der Waals surface area contributed by atoms with Crippen LogP contribution in [0.5, 0.6) is 0 Å². The minimum absolute atomic E-state index is 1.16. The van der Waals surface area contributed by atoms with Crippen molar-refractivity contribution >= 4 is 0 Å². The fraction of sp³-hybridized carbons (Fsp3) is 0.111. The number of likely N-dealkylation sites (N-methyl/N-ethyl adjacent to an activating group) is 1. The number of allylic oxidation sites excluding steroid dienone is 5. The summed E-state index contributed by atoms with van der Waals surface area (Å²) >= 11 is 0. The average molecular weight is 133 g/mol. The van der Waals surface area contributed by atoms with Gasteiger partial charge >= 0.3 is 0 Å². The van der Waals surface area contributed by atoms with E-state index in [9.17, 15) is 0 Å². The lowest BCUT2D eigenvalue weighted by molar-refractivity contribution is 0.584. The first-order valence-electron chi connectivity index (χ1n) is 3.25. The van der Waals surface area contributed by atoms with Gasteiger partial charge in [-0.25, -0.2) is 0 Å². The van der Waals surface area contributed by atoms with Crippen molar-refractivity contribution in [1.29, 1.82) is 0 Å². The Kier molecular flexibility index (Phi) is 2.11. The summed E-state index contributed by atoms with van der Waals surface area (Å²) in [4.78, 5) is 2.04. The summed E-state index contributed by atoms with van der Waals surface area (Å²) < 4.78 is 0. The summed E-state index contributed by atoms with van der Waals surface area (Å²) in [5, 5.41) is 0. The summed E-state index contributed by atoms with van der Waals surface area (Å²) in [6.45, 7) is 3.63. The first-order valence-corrected chi connectivity index (χ1v) is 3.25. The molecule has 0 amide bonds. The lowest BCUT2D eigenvalue weighted by atomic mass is 10.3. The van der Waals surface area contributed by atoms with Crippen molar-refractivity contribution in [3.8, 4) is 0 Å². The Morgan fingerprint density at radius 1 is 1.50 bits per heavy atom. The van der Waals surface area contributed by atoms with Crippen molar-refractivity contribution in [1.82, 2.24) is 4.90 Å². The molecule has 1 rings (SSSR count). The van der Waals surface area contributed by atoms with Crippen molar-refractivity contribution in [2.75, 3.05) is 7.05 Å². The molecule has 52 valence electrons. The standard InChI is InChI=1S/C9H11N/c1-3-6-9-7-4-5-8-10(9)2/h3-8H,1H2,2H3. The molecule has 1 aliphatic rings. The molecule has 0 spiro atoms. The average Bonchev–Trinajstić information content (AvgIpc) is 1.94. The summed E-state index contributed by atoms with van der Waals surface area (Å²) in [6.07, 6.45) is 11.8. The number of hydrogen-bond acceptors (Lipinski definition) is 1. The van der Waals surface area contributed by atoms with Gasteiger partial charge in [0.1, 0.15) is 0 Å². The molecule has 1 nitrogen and oxygen atoms in total.